The molecule has 1 aliphatic carbocycles. The molecule has 0 spiro atoms. The van der Waals surface area contributed by atoms with Gasteiger partial charge in [-0.25, -0.2) is 8.78 Å². The Balaban J connectivity index is 2.04. The predicted octanol–water partition coefficient (Wildman–Crippen LogP) is 3.22. The lowest BCUT2D eigenvalue weighted by Gasteiger charge is -2.13. The van der Waals surface area contributed by atoms with Crippen LogP contribution in [0.4, 0.5) is 8.78 Å². The molecule has 0 radical (unpaired) electrons. The van der Waals surface area contributed by atoms with Gasteiger partial charge in [0.2, 0.25) is 0 Å². The molecule has 1 aromatic carbocycles. The smallest absolute Gasteiger partial charge is 0.270 e. The standard InChI is InChI=1S/C13H17F2N/c1-12(14,15)11-4-2-3-10(9-11)5-6-13(16)7-8-13/h2-4,9H,5-8,16H2,1H3. The van der Waals surface area contributed by atoms with E-state index in [2.05, 4.69) is 0 Å². The Morgan fingerprint density at radius 2 is 2.06 bits per heavy atom. The summed E-state index contributed by atoms with van der Waals surface area (Å²) in [6.07, 6.45) is 3.82. The zero-order chi connectivity index (χ0) is 11.8. The van der Waals surface area contributed by atoms with Crippen LogP contribution in [0.2, 0.25) is 0 Å². The molecule has 1 fully saturated rings. The summed E-state index contributed by atoms with van der Waals surface area (Å²) < 4.78 is 26.2. The zero-order valence-corrected chi connectivity index (χ0v) is 9.47. The van der Waals surface area contributed by atoms with Gasteiger partial charge in [-0.2, -0.15) is 0 Å². The first kappa shape index (κ1) is 11.5. The monoisotopic (exact) mass is 225 g/mol. The molecule has 1 aliphatic rings. The Labute approximate surface area is 94.7 Å². The van der Waals surface area contributed by atoms with E-state index in [1.165, 1.54) is 6.07 Å². The van der Waals surface area contributed by atoms with Crippen molar-refractivity contribution in [3.05, 3.63) is 35.4 Å². The van der Waals surface area contributed by atoms with Gasteiger partial charge in [0.05, 0.1) is 0 Å². The lowest BCUT2D eigenvalue weighted by Crippen LogP contribution is -2.22. The Morgan fingerprint density at radius 1 is 1.38 bits per heavy atom. The molecule has 3 heteroatoms. The molecule has 2 rings (SSSR count). The van der Waals surface area contributed by atoms with Crippen molar-refractivity contribution in [1.82, 2.24) is 0 Å². The lowest BCUT2D eigenvalue weighted by atomic mass is 10.0. The Bertz CT molecular complexity index is 378. The van der Waals surface area contributed by atoms with Gasteiger partial charge in [0.25, 0.3) is 5.92 Å². The highest BCUT2D eigenvalue weighted by Crippen LogP contribution is 2.37. The van der Waals surface area contributed by atoms with Crippen molar-refractivity contribution in [2.75, 3.05) is 0 Å². The Kier molecular flexibility index (Phi) is 2.74. The van der Waals surface area contributed by atoms with Gasteiger partial charge in [-0.3, -0.25) is 0 Å². The molecule has 1 aromatic rings. The molecular formula is C13H17F2N. The molecule has 1 saturated carbocycles. The maximum Gasteiger partial charge on any atom is 0.270 e. The number of aryl methyl sites for hydroxylation is 1. The Morgan fingerprint density at radius 3 is 2.62 bits per heavy atom. The van der Waals surface area contributed by atoms with Crippen LogP contribution in [0.3, 0.4) is 0 Å². The largest absolute Gasteiger partial charge is 0.325 e. The van der Waals surface area contributed by atoms with Crippen LogP contribution in [0.15, 0.2) is 24.3 Å². The highest BCUT2D eigenvalue weighted by Gasteiger charge is 2.37. The summed E-state index contributed by atoms with van der Waals surface area (Å²) in [7, 11) is 0. The van der Waals surface area contributed by atoms with E-state index in [4.69, 9.17) is 5.73 Å². The van der Waals surface area contributed by atoms with Gasteiger partial charge in [0.15, 0.2) is 0 Å². The molecule has 0 heterocycles. The second kappa shape index (κ2) is 3.81. The van der Waals surface area contributed by atoms with Crippen molar-refractivity contribution >= 4 is 0 Å². The fourth-order valence-electron chi connectivity index (χ4n) is 1.80. The molecule has 1 nitrogen and oxygen atoms in total. The van der Waals surface area contributed by atoms with E-state index in [0.29, 0.717) is 0 Å². The molecule has 2 N–H and O–H groups in total. The normalized spacial score (nSPS) is 18.5. The molecule has 0 aromatic heterocycles. The summed E-state index contributed by atoms with van der Waals surface area (Å²) in [5.41, 5.74) is 7.01. The van der Waals surface area contributed by atoms with Gasteiger partial charge in [0, 0.05) is 18.0 Å². The van der Waals surface area contributed by atoms with Gasteiger partial charge in [-0.1, -0.05) is 18.2 Å². The second-order valence-electron chi connectivity index (χ2n) is 4.95. The number of hydrogen-bond donors (Lipinski definition) is 1. The van der Waals surface area contributed by atoms with E-state index >= 15 is 0 Å². The van der Waals surface area contributed by atoms with E-state index in [1.807, 2.05) is 6.07 Å². The van der Waals surface area contributed by atoms with E-state index in [0.717, 1.165) is 38.2 Å². The first-order valence-electron chi connectivity index (χ1n) is 5.65. The highest BCUT2D eigenvalue weighted by atomic mass is 19.3. The topological polar surface area (TPSA) is 26.0 Å². The molecule has 88 valence electrons. The van der Waals surface area contributed by atoms with Crippen molar-refractivity contribution in [2.45, 2.75) is 44.1 Å². The highest BCUT2D eigenvalue weighted by molar-refractivity contribution is 5.27. The van der Waals surface area contributed by atoms with Crippen LogP contribution in [-0.4, -0.2) is 5.54 Å². The molecule has 0 atom stereocenters. The van der Waals surface area contributed by atoms with E-state index < -0.39 is 5.92 Å². The number of alkyl halides is 2. The van der Waals surface area contributed by atoms with Crippen LogP contribution in [-0.2, 0) is 12.3 Å². The average molecular weight is 225 g/mol. The van der Waals surface area contributed by atoms with Gasteiger partial charge < -0.3 is 5.73 Å². The second-order valence-corrected chi connectivity index (χ2v) is 4.95. The van der Waals surface area contributed by atoms with Crippen molar-refractivity contribution in [1.29, 1.82) is 0 Å². The third-order valence-electron chi connectivity index (χ3n) is 3.24. The number of rotatable bonds is 4. The third kappa shape index (κ3) is 2.79. The van der Waals surface area contributed by atoms with Crippen molar-refractivity contribution in [3.8, 4) is 0 Å². The first-order chi connectivity index (χ1) is 7.39. The summed E-state index contributed by atoms with van der Waals surface area (Å²) in [5, 5.41) is 0. The summed E-state index contributed by atoms with van der Waals surface area (Å²) in [4.78, 5) is 0. The number of hydrogen-bond acceptors (Lipinski definition) is 1. The van der Waals surface area contributed by atoms with E-state index in [1.54, 1.807) is 12.1 Å². The van der Waals surface area contributed by atoms with E-state index in [9.17, 15) is 8.78 Å². The first-order valence-corrected chi connectivity index (χ1v) is 5.65. The summed E-state index contributed by atoms with van der Waals surface area (Å²) in [6, 6.07) is 6.64. The summed E-state index contributed by atoms with van der Waals surface area (Å²) in [6.45, 7) is 0.928. The summed E-state index contributed by atoms with van der Waals surface area (Å²) in [5.74, 6) is -2.75. The van der Waals surface area contributed by atoms with Gasteiger partial charge in [-0.15, -0.1) is 0 Å². The maximum absolute atomic E-state index is 13.1. The van der Waals surface area contributed by atoms with Crippen molar-refractivity contribution in [2.24, 2.45) is 5.73 Å². The molecular weight excluding hydrogens is 208 g/mol. The van der Waals surface area contributed by atoms with Gasteiger partial charge in [-0.05, 0) is 37.3 Å². The molecule has 0 amide bonds. The average Bonchev–Trinajstić information content (AvgIpc) is 2.94. The van der Waals surface area contributed by atoms with Crippen molar-refractivity contribution in [3.63, 3.8) is 0 Å². The lowest BCUT2D eigenvalue weighted by molar-refractivity contribution is 0.0174. The number of halogens is 2. The molecule has 0 saturated heterocycles. The van der Waals surface area contributed by atoms with Crippen LogP contribution in [0, 0.1) is 0 Å². The van der Waals surface area contributed by atoms with Crippen LogP contribution >= 0.6 is 0 Å². The fraction of sp³-hybridized carbons (Fsp3) is 0.538. The van der Waals surface area contributed by atoms with Crippen molar-refractivity contribution < 1.29 is 8.78 Å². The number of benzene rings is 1. The third-order valence-corrected chi connectivity index (χ3v) is 3.24. The zero-order valence-electron chi connectivity index (χ0n) is 9.47. The molecule has 16 heavy (non-hydrogen) atoms. The van der Waals surface area contributed by atoms with Crippen LogP contribution in [0.5, 0.6) is 0 Å². The number of nitrogens with two attached hydrogens (primary N) is 1. The molecule has 0 bridgehead atoms. The van der Waals surface area contributed by atoms with Gasteiger partial charge >= 0.3 is 0 Å². The minimum absolute atomic E-state index is 0.00919. The maximum atomic E-state index is 13.1. The van der Waals surface area contributed by atoms with Crippen LogP contribution < -0.4 is 5.73 Å². The Hall–Kier alpha value is -0.960. The minimum Gasteiger partial charge on any atom is -0.325 e. The van der Waals surface area contributed by atoms with E-state index in [-0.39, 0.29) is 11.1 Å². The molecule has 0 aliphatic heterocycles. The quantitative estimate of drug-likeness (QED) is 0.836. The summed E-state index contributed by atoms with van der Waals surface area (Å²) >= 11 is 0. The molecule has 0 unspecified atom stereocenters. The predicted molar refractivity (Wildman–Crippen MR) is 60.5 cm³/mol. The minimum atomic E-state index is -2.75. The SMILES string of the molecule is CC(F)(F)c1cccc(CCC2(N)CC2)c1. The fourth-order valence-corrected chi connectivity index (χ4v) is 1.80. The van der Waals surface area contributed by atoms with Gasteiger partial charge in [0.1, 0.15) is 0 Å². The van der Waals surface area contributed by atoms with Crippen LogP contribution in [0.25, 0.3) is 0 Å². The van der Waals surface area contributed by atoms with Crippen LogP contribution in [0.1, 0.15) is 37.3 Å².